The fourth-order valence-corrected chi connectivity index (χ4v) is 4.14. The van der Waals surface area contributed by atoms with Gasteiger partial charge in [-0.3, -0.25) is 9.59 Å². The summed E-state index contributed by atoms with van der Waals surface area (Å²) < 4.78 is 0. The Morgan fingerprint density at radius 1 is 1.26 bits per heavy atom. The van der Waals surface area contributed by atoms with Gasteiger partial charge in [0.25, 0.3) is 0 Å². The van der Waals surface area contributed by atoms with Gasteiger partial charge in [-0.2, -0.15) is 0 Å². The van der Waals surface area contributed by atoms with Crippen molar-refractivity contribution in [2.45, 2.75) is 34.1 Å². The van der Waals surface area contributed by atoms with Crippen LogP contribution in [0.4, 0.5) is 5.69 Å². The minimum atomic E-state index is -0.500. The predicted molar refractivity (Wildman–Crippen MR) is 122 cm³/mol. The SMILES string of the molecule is CNC(=O)C1(C)CCN(c2cccc(-c3cnc4[nH]cc(C(=O)C(C)(C)C)c4n3)c2)C1. The maximum atomic E-state index is 12.8. The first-order chi connectivity index (χ1) is 14.6. The standard InChI is InChI=1S/C24H29N5O2/c1-23(2,3)20(30)17-12-26-21-19(17)28-18(13-27-21)15-7-6-8-16(11-15)29-10-9-24(4,14-29)22(31)25-5/h6-8,11-13H,9-10,14H2,1-5H3,(H,25,31)(H,26,27). The van der Waals surface area contributed by atoms with E-state index in [4.69, 9.17) is 4.98 Å². The molecule has 1 aromatic carbocycles. The van der Waals surface area contributed by atoms with E-state index in [9.17, 15) is 9.59 Å². The first kappa shape index (κ1) is 21.0. The molecule has 1 saturated heterocycles. The average molecular weight is 420 g/mol. The third kappa shape index (κ3) is 3.80. The van der Waals surface area contributed by atoms with Crippen LogP contribution < -0.4 is 10.2 Å². The summed E-state index contributed by atoms with van der Waals surface area (Å²) >= 11 is 0. The number of carbonyl (C=O) groups excluding carboxylic acids is 2. The molecule has 1 atom stereocenters. The number of rotatable bonds is 4. The second kappa shape index (κ2) is 7.48. The molecule has 1 fully saturated rings. The van der Waals surface area contributed by atoms with Crippen molar-refractivity contribution in [1.82, 2.24) is 20.3 Å². The third-order valence-corrected chi connectivity index (χ3v) is 6.06. The number of amides is 1. The van der Waals surface area contributed by atoms with E-state index in [1.807, 2.05) is 39.8 Å². The van der Waals surface area contributed by atoms with Gasteiger partial charge >= 0.3 is 0 Å². The van der Waals surface area contributed by atoms with E-state index in [2.05, 4.69) is 32.3 Å². The van der Waals surface area contributed by atoms with E-state index >= 15 is 0 Å². The average Bonchev–Trinajstić information content (AvgIpc) is 3.36. The number of benzene rings is 1. The zero-order valence-corrected chi connectivity index (χ0v) is 18.7. The van der Waals surface area contributed by atoms with Crippen molar-refractivity contribution in [2.75, 3.05) is 25.0 Å². The van der Waals surface area contributed by atoms with E-state index in [1.165, 1.54) is 0 Å². The van der Waals surface area contributed by atoms with E-state index in [1.54, 1.807) is 19.4 Å². The fourth-order valence-electron chi connectivity index (χ4n) is 4.14. The molecule has 0 aliphatic carbocycles. The monoisotopic (exact) mass is 419 g/mol. The number of aromatic amines is 1. The van der Waals surface area contributed by atoms with E-state index in [-0.39, 0.29) is 11.7 Å². The number of fused-ring (bicyclic) bond motifs is 1. The molecule has 1 aliphatic heterocycles. The topological polar surface area (TPSA) is 91.0 Å². The molecule has 31 heavy (non-hydrogen) atoms. The number of hydrogen-bond donors (Lipinski definition) is 2. The van der Waals surface area contributed by atoms with Crippen molar-refractivity contribution < 1.29 is 9.59 Å². The highest BCUT2D eigenvalue weighted by atomic mass is 16.2. The summed E-state index contributed by atoms with van der Waals surface area (Å²) in [6, 6.07) is 8.11. The van der Waals surface area contributed by atoms with Gasteiger partial charge in [0.15, 0.2) is 11.4 Å². The lowest BCUT2D eigenvalue weighted by Gasteiger charge is -2.24. The van der Waals surface area contributed by atoms with Crippen molar-refractivity contribution >= 4 is 28.5 Å². The van der Waals surface area contributed by atoms with Crippen LogP contribution in [0.3, 0.4) is 0 Å². The third-order valence-electron chi connectivity index (χ3n) is 6.06. The number of anilines is 1. The van der Waals surface area contributed by atoms with Gasteiger partial charge < -0.3 is 15.2 Å². The summed E-state index contributed by atoms with van der Waals surface area (Å²) in [5.41, 5.74) is 3.56. The zero-order chi connectivity index (χ0) is 22.4. The Hall–Kier alpha value is -3.22. The van der Waals surface area contributed by atoms with Crippen LogP contribution in [0.15, 0.2) is 36.7 Å². The number of H-pyrrole nitrogens is 1. The number of ketones is 1. The molecular formula is C24H29N5O2. The Morgan fingerprint density at radius 3 is 2.74 bits per heavy atom. The number of nitrogens with zero attached hydrogens (tertiary/aromatic N) is 3. The van der Waals surface area contributed by atoms with Crippen molar-refractivity contribution in [3.63, 3.8) is 0 Å². The summed E-state index contributed by atoms with van der Waals surface area (Å²) in [5, 5.41) is 2.78. The van der Waals surface area contributed by atoms with Crippen molar-refractivity contribution in [3.8, 4) is 11.3 Å². The normalized spacial score (nSPS) is 19.1. The molecule has 4 rings (SSSR count). The molecule has 0 spiro atoms. The molecule has 0 bridgehead atoms. The first-order valence-electron chi connectivity index (χ1n) is 10.6. The second-order valence-electron chi connectivity index (χ2n) is 9.60. The largest absolute Gasteiger partial charge is 0.370 e. The Balaban J connectivity index is 1.67. The molecule has 3 aromatic rings. The summed E-state index contributed by atoms with van der Waals surface area (Å²) in [4.78, 5) is 39.7. The van der Waals surface area contributed by atoms with Crippen LogP contribution in [-0.2, 0) is 4.79 Å². The van der Waals surface area contributed by atoms with Crippen LogP contribution in [0, 0.1) is 10.8 Å². The lowest BCUT2D eigenvalue weighted by atomic mass is 9.87. The number of aromatic nitrogens is 3. The van der Waals surface area contributed by atoms with Crippen LogP contribution in [0.2, 0.25) is 0 Å². The van der Waals surface area contributed by atoms with E-state index in [0.29, 0.717) is 29.0 Å². The summed E-state index contributed by atoms with van der Waals surface area (Å²) in [7, 11) is 1.69. The Labute approximate surface area is 182 Å². The predicted octanol–water partition coefficient (Wildman–Crippen LogP) is 3.82. The van der Waals surface area contributed by atoms with E-state index < -0.39 is 10.8 Å². The quantitative estimate of drug-likeness (QED) is 0.628. The van der Waals surface area contributed by atoms with E-state index in [0.717, 1.165) is 24.2 Å². The van der Waals surface area contributed by atoms with Crippen LogP contribution >= 0.6 is 0 Å². The maximum absolute atomic E-state index is 12.8. The molecule has 0 saturated carbocycles. The highest BCUT2D eigenvalue weighted by Gasteiger charge is 2.39. The Kier molecular flexibility index (Phi) is 5.07. The molecule has 0 radical (unpaired) electrons. The molecule has 2 aromatic heterocycles. The van der Waals surface area contributed by atoms with Crippen LogP contribution in [0.1, 0.15) is 44.5 Å². The van der Waals surface area contributed by atoms with Gasteiger partial charge in [0.2, 0.25) is 5.91 Å². The molecule has 3 heterocycles. The highest BCUT2D eigenvalue weighted by molar-refractivity contribution is 6.08. The molecule has 1 unspecified atom stereocenters. The summed E-state index contributed by atoms with van der Waals surface area (Å²) in [5.74, 6) is 0.107. The molecular weight excluding hydrogens is 390 g/mol. The Bertz CT molecular complexity index is 1160. The number of hydrogen-bond acceptors (Lipinski definition) is 5. The molecule has 1 aliphatic rings. The van der Waals surface area contributed by atoms with Crippen LogP contribution in [0.25, 0.3) is 22.4 Å². The van der Waals surface area contributed by atoms with Crippen LogP contribution in [0.5, 0.6) is 0 Å². The molecule has 162 valence electrons. The minimum Gasteiger partial charge on any atom is -0.370 e. The van der Waals surface area contributed by atoms with Gasteiger partial charge in [-0.25, -0.2) is 9.97 Å². The zero-order valence-electron chi connectivity index (χ0n) is 18.7. The highest BCUT2D eigenvalue weighted by Crippen LogP contribution is 2.35. The lowest BCUT2D eigenvalue weighted by molar-refractivity contribution is -0.128. The first-order valence-corrected chi connectivity index (χ1v) is 10.6. The number of nitrogens with one attached hydrogen (secondary N) is 2. The molecule has 7 nitrogen and oxygen atoms in total. The van der Waals surface area contributed by atoms with Gasteiger partial charge in [-0.05, 0) is 25.5 Å². The lowest BCUT2D eigenvalue weighted by Crippen LogP contribution is -2.39. The molecule has 7 heteroatoms. The number of carbonyl (C=O) groups is 2. The van der Waals surface area contributed by atoms with Gasteiger partial charge in [0.1, 0.15) is 5.52 Å². The molecule has 2 N–H and O–H groups in total. The smallest absolute Gasteiger partial charge is 0.227 e. The minimum absolute atomic E-state index is 0.0319. The van der Waals surface area contributed by atoms with Gasteiger partial charge in [-0.15, -0.1) is 0 Å². The van der Waals surface area contributed by atoms with Crippen LogP contribution in [-0.4, -0.2) is 46.8 Å². The molecule has 1 amide bonds. The van der Waals surface area contributed by atoms with Crippen molar-refractivity contribution in [3.05, 3.63) is 42.2 Å². The van der Waals surface area contributed by atoms with Crippen molar-refractivity contribution in [2.24, 2.45) is 10.8 Å². The van der Waals surface area contributed by atoms with Gasteiger partial charge in [0.05, 0.1) is 22.9 Å². The van der Waals surface area contributed by atoms with Crippen molar-refractivity contribution in [1.29, 1.82) is 0 Å². The maximum Gasteiger partial charge on any atom is 0.227 e. The Morgan fingerprint density at radius 2 is 2.03 bits per heavy atom. The fraction of sp³-hybridized carbons (Fsp3) is 0.417. The summed E-state index contributed by atoms with van der Waals surface area (Å²) in [6.45, 7) is 9.20. The second-order valence-corrected chi connectivity index (χ2v) is 9.60. The number of Topliss-reactive ketones (excluding diaryl/α,β-unsaturated/α-hetero) is 1. The van der Waals surface area contributed by atoms with Gasteiger partial charge in [-0.1, -0.05) is 32.9 Å². The van der Waals surface area contributed by atoms with Gasteiger partial charge in [0, 0.05) is 43.0 Å². The summed E-state index contributed by atoms with van der Waals surface area (Å²) in [6.07, 6.45) is 4.23.